The maximum absolute atomic E-state index is 13.0. The van der Waals surface area contributed by atoms with Gasteiger partial charge in [-0.1, -0.05) is 50.1 Å². The van der Waals surface area contributed by atoms with E-state index in [-0.39, 0.29) is 16.8 Å². The van der Waals surface area contributed by atoms with Gasteiger partial charge in [-0.05, 0) is 55.5 Å². The van der Waals surface area contributed by atoms with Gasteiger partial charge in [-0.15, -0.1) is 0 Å². The first kappa shape index (κ1) is 21.5. The summed E-state index contributed by atoms with van der Waals surface area (Å²) >= 11 is 0. The van der Waals surface area contributed by atoms with Gasteiger partial charge in [0.2, 0.25) is 10.0 Å². The maximum Gasteiger partial charge on any atom is 0.251 e. The topological polar surface area (TPSA) is 66.5 Å². The van der Waals surface area contributed by atoms with Crippen LogP contribution in [0.4, 0.5) is 0 Å². The van der Waals surface area contributed by atoms with Crippen molar-refractivity contribution in [2.75, 3.05) is 13.1 Å². The number of carbonyl (C=O) groups is 1. The smallest absolute Gasteiger partial charge is 0.251 e. The Labute approximate surface area is 174 Å². The average molecular weight is 415 g/mol. The van der Waals surface area contributed by atoms with Gasteiger partial charge in [-0.25, -0.2) is 8.42 Å². The molecule has 156 valence electrons. The number of rotatable bonds is 6. The van der Waals surface area contributed by atoms with E-state index in [1.807, 2.05) is 19.1 Å². The van der Waals surface area contributed by atoms with Crippen LogP contribution < -0.4 is 5.32 Å². The molecule has 0 saturated carbocycles. The molecular formula is C23H30N2O3S. The first-order valence-corrected chi connectivity index (χ1v) is 11.9. The monoisotopic (exact) mass is 414 g/mol. The fourth-order valence-corrected chi connectivity index (χ4v) is 5.20. The van der Waals surface area contributed by atoms with Crippen molar-refractivity contribution < 1.29 is 13.2 Å². The lowest BCUT2D eigenvalue weighted by Crippen LogP contribution is -2.32. The van der Waals surface area contributed by atoms with Gasteiger partial charge >= 0.3 is 0 Å². The average Bonchev–Trinajstić information content (AvgIpc) is 3.04. The van der Waals surface area contributed by atoms with Crippen LogP contribution >= 0.6 is 0 Å². The summed E-state index contributed by atoms with van der Waals surface area (Å²) in [5, 5.41) is 2.97. The van der Waals surface area contributed by atoms with E-state index in [9.17, 15) is 13.2 Å². The van der Waals surface area contributed by atoms with E-state index in [0.29, 0.717) is 18.7 Å². The highest BCUT2D eigenvalue weighted by atomic mass is 32.2. The molecule has 1 N–H and O–H groups in total. The second-order valence-electron chi connectivity index (χ2n) is 7.64. The highest BCUT2D eigenvalue weighted by Crippen LogP contribution is 2.22. The SMILES string of the molecule is CCc1ccc(C(C)NC(=O)c2cccc(S(=O)(=O)N3CCCCCC3)c2)cc1. The van der Waals surface area contributed by atoms with Crippen LogP contribution in [0.2, 0.25) is 0 Å². The molecule has 6 heteroatoms. The molecule has 5 nitrogen and oxygen atoms in total. The van der Waals surface area contributed by atoms with E-state index >= 15 is 0 Å². The highest BCUT2D eigenvalue weighted by molar-refractivity contribution is 7.89. The summed E-state index contributed by atoms with van der Waals surface area (Å²) in [4.78, 5) is 12.9. The molecule has 1 unspecified atom stereocenters. The van der Waals surface area contributed by atoms with Crippen molar-refractivity contribution in [3.05, 3.63) is 65.2 Å². The summed E-state index contributed by atoms with van der Waals surface area (Å²) in [5.74, 6) is -0.273. The van der Waals surface area contributed by atoms with Crippen LogP contribution in [0.25, 0.3) is 0 Å². The zero-order valence-corrected chi connectivity index (χ0v) is 18.0. The third kappa shape index (κ3) is 5.25. The van der Waals surface area contributed by atoms with Crippen LogP contribution in [-0.2, 0) is 16.4 Å². The molecule has 1 aliphatic heterocycles. The van der Waals surface area contributed by atoms with Crippen molar-refractivity contribution in [3.8, 4) is 0 Å². The van der Waals surface area contributed by atoms with Gasteiger partial charge in [0.05, 0.1) is 10.9 Å². The highest BCUT2D eigenvalue weighted by Gasteiger charge is 2.26. The zero-order chi connectivity index (χ0) is 20.9. The van der Waals surface area contributed by atoms with E-state index in [0.717, 1.165) is 37.7 Å². The molecule has 0 aliphatic carbocycles. The quantitative estimate of drug-likeness (QED) is 0.766. The largest absolute Gasteiger partial charge is 0.346 e. The predicted molar refractivity (Wildman–Crippen MR) is 115 cm³/mol. The van der Waals surface area contributed by atoms with E-state index in [4.69, 9.17) is 0 Å². The normalized spacial score (nSPS) is 16.8. The zero-order valence-electron chi connectivity index (χ0n) is 17.2. The molecule has 1 heterocycles. The predicted octanol–water partition coefficient (Wildman–Crippen LogP) is 4.30. The second-order valence-corrected chi connectivity index (χ2v) is 9.57. The summed E-state index contributed by atoms with van der Waals surface area (Å²) in [6, 6.07) is 14.3. The molecule has 3 rings (SSSR count). The number of hydrogen-bond donors (Lipinski definition) is 1. The van der Waals surface area contributed by atoms with Crippen LogP contribution in [0.3, 0.4) is 0 Å². The number of aryl methyl sites for hydroxylation is 1. The molecule has 1 amide bonds. The lowest BCUT2D eigenvalue weighted by Gasteiger charge is -2.20. The molecule has 2 aromatic rings. The molecule has 29 heavy (non-hydrogen) atoms. The molecule has 0 aromatic heterocycles. The van der Waals surface area contributed by atoms with Gasteiger partial charge in [0, 0.05) is 18.7 Å². The lowest BCUT2D eigenvalue weighted by atomic mass is 10.0. The van der Waals surface area contributed by atoms with Gasteiger partial charge in [0.25, 0.3) is 5.91 Å². The minimum Gasteiger partial charge on any atom is -0.346 e. The fourth-order valence-electron chi connectivity index (χ4n) is 3.63. The van der Waals surface area contributed by atoms with Crippen molar-refractivity contribution in [2.45, 2.75) is 56.9 Å². The maximum atomic E-state index is 13.0. The number of carbonyl (C=O) groups excluding carboxylic acids is 1. The Morgan fingerprint density at radius 1 is 1.03 bits per heavy atom. The summed E-state index contributed by atoms with van der Waals surface area (Å²) in [7, 11) is -3.58. The molecule has 0 radical (unpaired) electrons. The second kappa shape index (κ2) is 9.55. The van der Waals surface area contributed by atoms with E-state index in [1.54, 1.807) is 22.5 Å². The molecule has 1 aliphatic rings. The van der Waals surface area contributed by atoms with E-state index < -0.39 is 10.0 Å². The van der Waals surface area contributed by atoms with Crippen LogP contribution in [0.5, 0.6) is 0 Å². The van der Waals surface area contributed by atoms with Crippen LogP contribution in [-0.4, -0.2) is 31.7 Å². The van der Waals surface area contributed by atoms with Gasteiger partial charge in [-0.2, -0.15) is 4.31 Å². The van der Waals surface area contributed by atoms with Crippen LogP contribution in [0.1, 0.15) is 67.1 Å². The third-order valence-electron chi connectivity index (χ3n) is 5.53. The van der Waals surface area contributed by atoms with Crippen molar-refractivity contribution in [1.82, 2.24) is 9.62 Å². The number of amides is 1. The van der Waals surface area contributed by atoms with E-state index in [1.165, 1.54) is 11.6 Å². The molecular weight excluding hydrogens is 384 g/mol. The molecule has 0 spiro atoms. The summed E-state index contributed by atoms with van der Waals surface area (Å²) in [5.41, 5.74) is 2.63. The van der Waals surface area contributed by atoms with Crippen LogP contribution in [0, 0.1) is 0 Å². The third-order valence-corrected chi connectivity index (χ3v) is 7.43. The van der Waals surface area contributed by atoms with Crippen molar-refractivity contribution in [3.63, 3.8) is 0 Å². The minimum absolute atomic E-state index is 0.167. The van der Waals surface area contributed by atoms with Gasteiger partial charge in [0.15, 0.2) is 0 Å². The molecule has 1 fully saturated rings. The van der Waals surface area contributed by atoms with Gasteiger partial charge < -0.3 is 5.32 Å². The Bertz CT molecular complexity index is 931. The number of nitrogens with zero attached hydrogens (tertiary/aromatic N) is 1. The first-order valence-electron chi connectivity index (χ1n) is 10.4. The van der Waals surface area contributed by atoms with Crippen molar-refractivity contribution in [2.24, 2.45) is 0 Å². The van der Waals surface area contributed by atoms with Crippen LogP contribution in [0.15, 0.2) is 53.4 Å². The minimum atomic E-state index is -3.58. The Balaban J connectivity index is 1.74. The Morgan fingerprint density at radius 3 is 2.31 bits per heavy atom. The summed E-state index contributed by atoms with van der Waals surface area (Å²) in [6.45, 7) is 5.12. The number of nitrogens with one attached hydrogen (secondary N) is 1. The van der Waals surface area contributed by atoms with E-state index in [2.05, 4.69) is 24.4 Å². The molecule has 0 bridgehead atoms. The number of sulfonamides is 1. The lowest BCUT2D eigenvalue weighted by molar-refractivity contribution is 0.0939. The molecule has 1 saturated heterocycles. The van der Waals surface area contributed by atoms with Gasteiger partial charge in [0.1, 0.15) is 0 Å². The number of benzene rings is 2. The Kier molecular flexibility index (Phi) is 7.09. The molecule has 2 aromatic carbocycles. The fraction of sp³-hybridized carbons (Fsp3) is 0.435. The summed E-state index contributed by atoms with van der Waals surface area (Å²) in [6.07, 6.45) is 4.86. The van der Waals surface area contributed by atoms with Crippen molar-refractivity contribution in [1.29, 1.82) is 0 Å². The Hall–Kier alpha value is -2.18. The summed E-state index contributed by atoms with van der Waals surface area (Å²) < 4.78 is 27.6. The number of hydrogen-bond acceptors (Lipinski definition) is 3. The standard InChI is InChI=1S/C23H30N2O3S/c1-3-19-11-13-20(14-12-19)18(2)24-23(26)21-9-8-10-22(17-21)29(27,28)25-15-6-4-5-7-16-25/h8-14,17-18H,3-7,15-16H2,1-2H3,(H,24,26). The molecule has 1 atom stereocenters. The Morgan fingerprint density at radius 2 is 1.69 bits per heavy atom. The van der Waals surface area contributed by atoms with Crippen molar-refractivity contribution >= 4 is 15.9 Å². The first-order chi connectivity index (χ1) is 13.9. The van der Waals surface area contributed by atoms with Gasteiger partial charge in [-0.3, -0.25) is 4.79 Å².